The number of nitrogens with zero attached hydrogens (tertiary/aromatic N) is 1. The van der Waals surface area contributed by atoms with Gasteiger partial charge >= 0.3 is 6.03 Å². The van der Waals surface area contributed by atoms with Crippen molar-refractivity contribution in [2.45, 2.75) is 51.0 Å². The van der Waals surface area contributed by atoms with Gasteiger partial charge in [0.15, 0.2) is 0 Å². The van der Waals surface area contributed by atoms with Crippen molar-refractivity contribution in [3.05, 3.63) is 50.9 Å². The Labute approximate surface area is 189 Å². The number of nitrogens with two attached hydrogens (primary N) is 1. The van der Waals surface area contributed by atoms with Crippen molar-refractivity contribution < 1.29 is 19.2 Å². The number of aryl methyl sites for hydroxylation is 3. The lowest BCUT2D eigenvalue weighted by molar-refractivity contribution is -0.133. The fourth-order valence-corrected chi connectivity index (χ4v) is 6.29. The predicted molar refractivity (Wildman–Crippen MR) is 120 cm³/mol. The molecule has 1 fully saturated rings. The van der Waals surface area contributed by atoms with Crippen LogP contribution < -0.4 is 16.4 Å². The molecule has 0 unspecified atom stereocenters. The standard InChI is InChI=1S/C23H24N4O4S/c1-23(14-9-8-12-4-2-5-13(12)10-14)21(30)27(22(31)26-23)11-17(28)25-20-18(19(24)29)15-6-3-7-16(15)32-20/h8-10H,2-7,11H2,1H3,(H2,24,29)(H,25,28)(H,26,31)/t23-/m1/s1. The smallest absolute Gasteiger partial charge is 0.325 e. The van der Waals surface area contributed by atoms with Gasteiger partial charge in [-0.05, 0) is 67.7 Å². The molecule has 2 aliphatic carbocycles. The Hall–Kier alpha value is -3.20. The summed E-state index contributed by atoms with van der Waals surface area (Å²) < 4.78 is 0. The van der Waals surface area contributed by atoms with Gasteiger partial charge in [-0.15, -0.1) is 11.3 Å². The minimum absolute atomic E-state index is 0.344. The van der Waals surface area contributed by atoms with Gasteiger partial charge in [0.05, 0.1) is 5.56 Å². The van der Waals surface area contributed by atoms with Gasteiger partial charge in [-0.2, -0.15) is 0 Å². The number of thiophene rings is 1. The number of nitrogens with one attached hydrogen (secondary N) is 2. The molecule has 8 nitrogen and oxygen atoms in total. The summed E-state index contributed by atoms with van der Waals surface area (Å²) in [6.45, 7) is 1.22. The van der Waals surface area contributed by atoms with E-state index in [0.717, 1.165) is 53.9 Å². The van der Waals surface area contributed by atoms with Crippen molar-refractivity contribution in [3.8, 4) is 0 Å². The first kappa shape index (κ1) is 20.7. The van der Waals surface area contributed by atoms with Crippen LogP contribution in [-0.2, 0) is 40.8 Å². The van der Waals surface area contributed by atoms with Crippen molar-refractivity contribution >= 4 is 40.1 Å². The quantitative estimate of drug-likeness (QED) is 0.602. The third-order valence-electron chi connectivity index (χ3n) is 6.67. The van der Waals surface area contributed by atoms with Crippen molar-refractivity contribution in [1.29, 1.82) is 0 Å². The second-order valence-corrected chi connectivity index (χ2v) is 9.86. The number of carbonyl (C=O) groups excluding carboxylic acids is 4. The molecule has 32 heavy (non-hydrogen) atoms. The fraction of sp³-hybridized carbons (Fsp3) is 0.391. The molecular weight excluding hydrogens is 428 g/mol. The van der Waals surface area contributed by atoms with E-state index in [2.05, 4.69) is 10.6 Å². The van der Waals surface area contributed by atoms with Crippen LogP contribution in [0.3, 0.4) is 0 Å². The number of carbonyl (C=O) groups is 4. The highest BCUT2D eigenvalue weighted by molar-refractivity contribution is 7.17. The van der Waals surface area contributed by atoms with Gasteiger partial charge in [0.1, 0.15) is 17.1 Å². The lowest BCUT2D eigenvalue weighted by atomic mass is 9.89. The summed E-state index contributed by atoms with van der Waals surface area (Å²) in [6.07, 6.45) is 5.63. The average Bonchev–Trinajstić information content (AvgIpc) is 3.48. The predicted octanol–water partition coefficient (Wildman–Crippen LogP) is 2.23. The molecule has 5 amide bonds. The average molecular weight is 453 g/mol. The SMILES string of the molecule is C[C@]1(c2ccc3c(c2)CCC3)NC(=O)N(CC(=O)Nc2sc3c(c2C(N)=O)CCC3)C1=O. The van der Waals surface area contributed by atoms with Gasteiger partial charge in [-0.1, -0.05) is 18.2 Å². The summed E-state index contributed by atoms with van der Waals surface area (Å²) in [7, 11) is 0. The van der Waals surface area contributed by atoms with Gasteiger partial charge in [0.2, 0.25) is 5.91 Å². The van der Waals surface area contributed by atoms with Crippen molar-refractivity contribution in [2.24, 2.45) is 5.73 Å². The molecule has 166 valence electrons. The Morgan fingerprint density at radius 1 is 1.16 bits per heavy atom. The van der Waals surface area contributed by atoms with E-state index < -0.39 is 35.8 Å². The summed E-state index contributed by atoms with van der Waals surface area (Å²) in [5, 5.41) is 5.84. The summed E-state index contributed by atoms with van der Waals surface area (Å²) in [5.74, 6) is -1.60. The molecule has 1 aromatic carbocycles. The minimum Gasteiger partial charge on any atom is -0.365 e. The Morgan fingerprint density at radius 2 is 1.91 bits per heavy atom. The number of fused-ring (bicyclic) bond motifs is 2. The maximum Gasteiger partial charge on any atom is 0.325 e. The first-order valence-electron chi connectivity index (χ1n) is 10.8. The molecule has 0 spiro atoms. The van der Waals surface area contributed by atoms with Crippen LogP contribution in [0.15, 0.2) is 18.2 Å². The molecule has 4 N–H and O–H groups in total. The van der Waals surface area contributed by atoms with Crippen LogP contribution >= 0.6 is 11.3 Å². The van der Waals surface area contributed by atoms with Crippen LogP contribution in [-0.4, -0.2) is 35.2 Å². The molecule has 2 aromatic rings. The van der Waals surface area contributed by atoms with Gasteiger partial charge in [0.25, 0.3) is 11.8 Å². The molecule has 0 radical (unpaired) electrons. The van der Waals surface area contributed by atoms with E-state index in [-0.39, 0.29) is 0 Å². The van der Waals surface area contributed by atoms with E-state index in [9.17, 15) is 19.2 Å². The normalized spacial score (nSPS) is 21.5. The molecule has 5 rings (SSSR count). The van der Waals surface area contributed by atoms with Crippen LogP contribution in [0.4, 0.5) is 9.80 Å². The van der Waals surface area contributed by atoms with Gasteiger partial charge in [-0.3, -0.25) is 19.3 Å². The zero-order valence-corrected chi connectivity index (χ0v) is 18.6. The molecule has 3 aliphatic rings. The zero-order valence-electron chi connectivity index (χ0n) is 17.7. The second-order valence-electron chi connectivity index (χ2n) is 8.76. The number of amides is 5. The van der Waals surface area contributed by atoms with Crippen molar-refractivity contribution in [2.75, 3.05) is 11.9 Å². The monoisotopic (exact) mass is 452 g/mol. The maximum atomic E-state index is 13.2. The number of urea groups is 1. The number of anilines is 1. The Morgan fingerprint density at radius 3 is 2.69 bits per heavy atom. The summed E-state index contributed by atoms with van der Waals surface area (Å²) >= 11 is 1.34. The number of hydrogen-bond donors (Lipinski definition) is 3. The lowest BCUT2D eigenvalue weighted by Gasteiger charge is -2.23. The number of imide groups is 1. The highest BCUT2D eigenvalue weighted by Crippen LogP contribution is 2.39. The first-order valence-corrected chi connectivity index (χ1v) is 11.6. The molecule has 1 atom stereocenters. The van der Waals surface area contributed by atoms with Gasteiger partial charge < -0.3 is 16.4 Å². The minimum atomic E-state index is -1.22. The second kappa shape index (κ2) is 7.44. The molecule has 0 saturated carbocycles. The van der Waals surface area contributed by atoms with Gasteiger partial charge in [0, 0.05) is 4.88 Å². The Balaban J connectivity index is 1.34. The Kier molecular flexibility index (Phi) is 4.81. The molecule has 1 saturated heterocycles. The van der Waals surface area contributed by atoms with Crippen LogP contribution in [0.2, 0.25) is 0 Å². The number of benzene rings is 1. The molecule has 1 aromatic heterocycles. The molecule has 1 aliphatic heterocycles. The largest absolute Gasteiger partial charge is 0.365 e. The van der Waals surface area contributed by atoms with E-state index in [4.69, 9.17) is 5.73 Å². The number of hydrogen-bond acceptors (Lipinski definition) is 5. The van der Waals surface area contributed by atoms with Crippen molar-refractivity contribution in [3.63, 3.8) is 0 Å². The van der Waals surface area contributed by atoms with Crippen LogP contribution in [0.5, 0.6) is 0 Å². The van der Waals surface area contributed by atoms with E-state index >= 15 is 0 Å². The van der Waals surface area contributed by atoms with E-state index in [1.807, 2.05) is 18.2 Å². The number of primary amides is 1. The lowest BCUT2D eigenvalue weighted by Crippen LogP contribution is -2.42. The van der Waals surface area contributed by atoms with Crippen LogP contribution in [0.25, 0.3) is 0 Å². The highest BCUT2D eigenvalue weighted by atomic mass is 32.1. The Bertz CT molecular complexity index is 1190. The van der Waals surface area contributed by atoms with Crippen molar-refractivity contribution in [1.82, 2.24) is 10.2 Å². The van der Waals surface area contributed by atoms with Gasteiger partial charge in [-0.25, -0.2) is 4.79 Å². The highest BCUT2D eigenvalue weighted by Gasteiger charge is 2.49. The maximum absolute atomic E-state index is 13.2. The topological polar surface area (TPSA) is 122 Å². The number of rotatable bonds is 5. The first-order chi connectivity index (χ1) is 15.3. The third kappa shape index (κ3) is 3.19. The summed E-state index contributed by atoms with van der Waals surface area (Å²) in [6, 6.07) is 5.25. The molecule has 9 heteroatoms. The summed E-state index contributed by atoms with van der Waals surface area (Å²) in [4.78, 5) is 52.5. The molecular formula is C23H24N4O4S. The van der Waals surface area contributed by atoms with E-state index in [1.165, 1.54) is 22.5 Å². The third-order valence-corrected chi connectivity index (χ3v) is 7.88. The summed E-state index contributed by atoms with van der Waals surface area (Å²) in [5.41, 5.74) is 8.75. The fourth-order valence-electron chi connectivity index (χ4n) is 4.98. The molecule has 0 bridgehead atoms. The zero-order chi connectivity index (χ0) is 22.6. The van der Waals surface area contributed by atoms with E-state index in [0.29, 0.717) is 16.1 Å². The van der Waals surface area contributed by atoms with E-state index in [1.54, 1.807) is 6.92 Å². The van der Waals surface area contributed by atoms with Crippen LogP contribution in [0, 0.1) is 0 Å². The molecule has 2 heterocycles. The van der Waals surface area contributed by atoms with Crippen LogP contribution in [0.1, 0.15) is 57.3 Å².